The molecule has 8 amide bonds. The fourth-order valence-electron chi connectivity index (χ4n) is 6.50. The van der Waals surface area contributed by atoms with Gasteiger partial charge in [-0.1, -0.05) is 96.9 Å². The van der Waals surface area contributed by atoms with Gasteiger partial charge in [-0.3, -0.25) is 38.4 Å². The average molecular weight is 1210 g/mol. The van der Waals surface area contributed by atoms with Crippen molar-refractivity contribution in [1.29, 1.82) is 10.5 Å². The molecule has 0 aliphatic carbocycles. The van der Waals surface area contributed by atoms with Crippen LogP contribution in [0.4, 0.5) is 0 Å². The van der Waals surface area contributed by atoms with E-state index in [1.165, 1.54) is 19.6 Å². The predicted octanol–water partition coefficient (Wildman–Crippen LogP) is 3.72. The van der Waals surface area contributed by atoms with Crippen molar-refractivity contribution in [1.82, 2.24) is 39.2 Å². The molecule has 0 radical (unpaired) electrons. The van der Waals surface area contributed by atoms with Gasteiger partial charge in [0.2, 0.25) is 47.3 Å². The molecular weight excluding hydrogens is 1090 g/mol. The molecule has 24 nitrogen and oxygen atoms in total. The van der Waals surface area contributed by atoms with Crippen molar-refractivity contribution in [2.75, 3.05) is 161 Å². The van der Waals surface area contributed by atoms with Gasteiger partial charge >= 0.3 is 0 Å². The summed E-state index contributed by atoms with van der Waals surface area (Å²) < 4.78 is 37.1. The van der Waals surface area contributed by atoms with Gasteiger partial charge in [-0.05, 0) is 6.42 Å². The Balaban J connectivity index is -0.000000209. The van der Waals surface area contributed by atoms with Crippen molar-refractivity contribution in [3.05, 3.63) is 0 Å². The van der Waals surface area contributed by atoms with Gasteiger partial charge in [0.15, 0.2) is 9.84 Å². The molecule has 1 atom stereocenters. The Kier molecular flexibility index (Phi) is 54.5. The number of methoxy groups -OCH3 is 3. The summed E-state index contributed by atoms with van der Waals surface area (Å²) >= 11 is 0. The van der Waals surface area contributed by atoms with Gasteiger partial charge in [0, 0.05) is 158 Å². The normalized spacial score (nSPS) is 12.5. The molecule has 0 aromatic carbocycles. The lowest BCUT2D eigenvalue weighted by Crippen LogP contribution is -2.40. The zero-order chi connectivity index (χ0) is 66.5. The van der Waals surface area contributed by atoms with Gasteiger partial charge in [0.1, 0.15) is 6.54 Å². The summed E-state index contributed by atoms with van der Waals surface area (Å²) in [5.74, 6) is 0.836. The summed E-state index contributed by atoms with van der Waals surface area (Å²) in [6.45, 7) is 30.9. The average Bonchev–Trinajstić information content (AvgIpc) is 3.79. The predicted molar refractivity (Wildman–Crippen MR) is 326 cm³/mol. The van der Waals surface area contributed by atoms with Gasteiger partial charge in [-0.2, -0.15) is 10.5 Å². The van der Waals surface area contributed by atoms with E-state index in [0.29, 0.717) is 65.4 Å². The Morgan fingerprint density at radius 1 is 0.482 bits per heavy atom. The van der Waals surface area contributed by atoms with Crippen molar-refractivity contribution < 1.29 is 66.1 Å². The van der Waals surface area contributed by atoms with Crippen molar-refractivity contribution in [2.45, 2.75) is 116 Å². The third-order valence-electron chi connectivity index (χ3n) is 11.7. The van der Waals surface area contributed by atoms with Gasteiger partial charge in [-0.15, -0.1) is 0 Å². The first-order chi connectivity index (χ1) is 38.2. The maximum atomic E-state index is 11.7. The number of sulfone groups is 1. The van der Waals surface area contributed by atoms with Crippen LogP contribution in [0.1, 0.15) is 110 Å². The van der Waals surface area contributed by atoms with E-state index in [2.05, 4.69) is 0 Å². The van der Waals surface area contributed by atoms with Crippen LogP contribution in [0.25, 0.3) is 0 Å². The van der Waals surface area contributed by atoms with E-state index in [-0.39, 0.29) is 126 Å². The number of carbonyl (C=O) groups excluding carboxylic acids is 8. The smallest absolute Gasteiger partial charge is 0.241 e. The molecule has 0 aromatic heterocycles. The van der Waals surface area contributed by atoms with Crippen LogP contribution in [0.5, 0.6) is 0 Å². The Bertz CT molecular complexity index is 2020. The van der Waals surface area contributed by atoms with Crippen molar-refractivity contribution >= 4 is 57.1 Å². The van der Waals surface area contributed by atoms with Crippen LogP contribution in [-0.4, -0.2) is 267 Å². The molecule has 25 heteroatoms. The van der Waals surface area contributed by atoms with E-state index in [9.17, 15) is 46.8 Å². The van der Waals surface area contributed by atoms with E-state index < -0.39 is 9.84 Å². The number of aliphatic hydroxyl groups is 1. The van der Waals surface area contributed by atoms with Crippen LogP contribution >= 0.6 is 0 Å². The molecule has 0 spiro atoms. The number of ether oxygens (including phenoxy) is 3. The molecule has 1 fully saturated rings. The maximum Gasteiger partial charge on any atom is 0.241 e. The number of hydrogen-bond donors (Lipinski definition) is 1. The minimum Gasteiger partial charge on any atom is -0.395 e. The summed E-state index contributed by atoms with van der Waals surface area (Å²) in [6, 6.07) is 3.79. The Labute approximate surface area is 501 Å². The SMILES string of the molecule is CC(C)C(=O)N(C)C1CCS(=O)(=O)C1.CC(C)C(=O)N(C)CC#N.CC(C)C(=O)N(C)CC(=O)N(C)C.CC(C)C(=O)N(C)CCC#N.CC(C)C(=O)N(C)CCO.COCCN(C)C(=O)C(C)C.COCCN(CCOC)C(=O)C(C)C. The van der Waals surface area contributed by atoms with E-state index in [0.717, 1.165) is 0 Å². The minimum absolute atomic E-state index is 0.00444. The quantitative estimate of drug-likeness (QED) is 0.135. The number of amides is 8. The van der Waals surface area contributed by atoms with E-state index in [1.807, 2.05) is 109 Å². The van der Waals surface area contributed by atoms with Gasteiger partial charge < -0.3 is 58.5 Å². The molecule has 1 aliphatic heterocycles. The summed E-state index contributed by atoms with van der Waals surface area (Å²) in [5, 5.41) is 24.9. The molecule has 1 N–H and O–H groups in total. The number of carbonyl (C=O) groups is 8. The van der Waals surface area contributed by atoms with Crippen LogP contribution in [0.2, 0.25) is 0 Å². The van der Waals surface area contributed by atoms with Crippen molar-refractivity contribution in [2.24, 2.45) is 41.4 Å². The van der Waals surface area contributed by atoms with Gasteiger partial charge in [0.25, 0.3) is 0 Å². The zero-order valence-electron chi connectivity index (χ0n) is 55.9. The number of likely N-dealkylation sites (N-methyl/N-ethyl adjacent to an activating group) is 4. The van der Waals surface area contributed by atoms with Gasteiger partial charge in [-0.25, -0.2) is 8.42 Å². The second-order valence-electron chi connectivity index (χ2n) is 22.1. The first-order valence-electron chi connectivity index (χ1n) is 28.2. The standard InChI is InChI=1S/C10H21NO3.C9H18N2O2.C9H17NO3S.C8H14N2O.C8H17NO2.C7H12N2O.C7H15NO2/c1-9(2)10(12)11(5-7-13-3)6-8-14-4;1-7(2)9(13)11(5)6-8(12)10(3)4;1-7(2)9(11)10(3)8-4-5-14(12,13)6-8;1-7(2)8(11)10(3)6-4-5-9;1-7(2)8(10)9(3)5-6-11-4;1-6(2)7(10)9(3)5-4-8;1-6(2)7(10)8(3)4-5-9/h9H,5-8H2,1-4H3;7H,6H2,1-5H3;7-8H,4-6H2,1-3H3;7H,4,6H2,1-3H3;7H,5-6H2,1-4H3;6H,5H2,1-3H3;6,9H,4-5H2,1-3H3. The number of hydrogen-bond acceptors (Lipinski definition) is 16. The Morgan fingerprint density at radius 2 is 0.819 bits per heavy atom. The summed E-state index contributed by atoms with van der Waals surface area (Å²) in [5.41, 5.74) is 0. The third kappa shape index (κ3) is 46.6. The minimum atomic E-state index is -2.89. The molecule has 0 saturated carbocycles. The van der Waals surface area contributed by atoms with Crippen molar-refractivity contribution in [3.63, 3.8) is 0 Å². The molecule has 1 aliphatic rings. The fourth-order valence-corrected chi connectivity index (χ4v) is 8.28. The Morgan fingerprint density at radius 3 is 1.12 bits per heavy atom. The first-order valence-corrected chi connectivity index (χ1v) is 30.0. The largest absolute Gasteiger partial charge is 0.395 e. The number of rotatable bonds is 24. The molecule has 1 saturated heterocycles. The number of aliphatic hydroxyl groups excluding tert-OH is 1. The first kappa shape index (κ1) is 88.7. The van der Waals surface area contributed by atoms with Gasteiger partial charge in [0.05, 0.1) is 63.0 Å². The van der Waals surface area contributed by atoms with Crippen LogP contribution in [-0.2, 0) is 62.4 Å². The Hall–Kier alpha value is -5.47. The molecule has 0 bridgehead atoms. The lowest BCUT2D eigenvalue weighted by molar-refractivity contribution is -0.139. The lowest BCUT2D eigenvalue weighted by Gasteiger charge is -2.25. The molecule has 1 unspecified atom stereocenters. The van der Waals surface area contributed by atoms with E-state index in [4.69, 9.17) is 29.8 Å². The highest BCUT2D eigenvalue weighted by atomic mass is 32.2. The van der Waals surface area contributed by atoms with E-state index >= 15 is 0 Å². The van der Waals surface area contributed by atoms with Crippen LogP contribution in [0.15, 0.2) is 0 Å². The molecule has 0 aromatic rings. The molecule has 1 rings (SSSR count). The molecular formula is C58H114N10O14S. The number of nitrogens with zero attached hydrogens (tertiary/aromatic N) is 10. The molecule has 1 heterocycles. The second kappa shape index (κ2) is 51.0. The zero-order valence-corrected chi connectivity index (χ0v) is 56.7. The summed E-state index contributed by atoms with van der Waals surface area (Å²) in [7, 11) is 15.5. The highest BCUT2D eigenvalue weighted by molar-refractivity contribution is 7.91. The number of nitriles is 2. The highest BCUT2D eigenvalue weighted by Gasteiger charge is 2.33. The monoisotopic (exact) mass is 1210 g/mol. The second-order valence-corrected chi connectivity index (χ2v) is 24.4. The maximum absolute atomic E-state index is 11.7. The lowest BCUT2D eigenvalue weighted by atomic mass is 10.1. The van der Waals surface area contributed by atoms with Crippen LogP contribution in [0.3, 0.4) is 0 Å². The fraction of sp³-hybridized carbons (Fsp3) is 0.828. The molecule has 83 heavy (non-hydrogen) atoms. The highest BCUT2D eigenvalue weighted by Crippen LogP contribution is 2.18. The third-order valence-corrected chi connectivity index (χ3v) is 13.4. The van der Waals surface area contributed by atoms with Crippen LogP contribution < -0.4 is 0 Å². The summed E-state index contributed by atoms with van der Waals surface area (Å²) in [4.78, 5) is 103. The van der Waals surface area contributed by atoms with E-state index in [1.54, 1.807) is 97.3 Å². The summed E-state index contributed by atoms with van der Waals surface area (Å²) in [6.07, 6.45) is 0.992. The van der Waals surface area contributed by atoms with Crippen molar-refractivity contribution in [3.8, 4) is 12.1 Å². The topological polar surface area (TPSA) is 292 Å². The molecule has 486 valence electrons. The van der Waals surface area contributed by atoms with Crippen LogP contribution in [0, 0.1) is 64.1 Å².